The second kappa shape index (κ2) is 9.33. The second-order valence-corrected chi connectivity index (χ2v) is 9.63. The van der Waals surface area contributed by atoms with Crippen molar-refractivity contribution in [1.29, 1.82) is 0 Å². The Bertz CT molecular complexity index is 1070. The third kappa shape index (κ3) is 5.69. The number of carbonyl (C=O) groups excluding carboxylic acids is 1. The summed E-state index contributed by atoms with van der Waals surface area (Å²) in [5.41, 5.74) is -1.53. The Morgan fingerprint density at radius 1 is 1.03 bits per heavy atom. The number of hydrogen-bond acceptors (Lipinski definition) is 4. The van der Waals surface area contributed by atoms with Crippen molar-refractivity contribution in [1.82, 2.24) is 9.21 Å². The molecule has 0 bridgehead atoms. The molecule has 0 saturated carbocycles. The summed E-state index contributed by atoms with van der Waals surface area (Å²) in [4.78, 5) is 14.1. The van der Waals surface area contributed by atoms with Gasteiger partial charge in [0, 0.05) is 31.2 Å². The number of nitrogens with one attached hydrogen (secondary N) is 1. The number of amides is 1. The quantitative estimate of drug-likeness (QED) is 0.681. The van der Waals surface area contributed by atoms with E-state index >= 15 is 0 Å². The molecule has 0 aliphatic carbocycles. The van der Waals surface area contributed by atoms with Crippen LogP contribution in [0.15, 0.2) is 47.4 Å². The van der Waals surface area contributed by atoms with Gasteiger partial charge in [-0.05, 0) is 30.3 Å². The minimum atomic E-state index is -4.67. The average molecular weight is 496 g/mol. The van der Waals surface area contributed by atoms with E-state index in [1.165, 1.54) is 22.5 Å². The molecule has 3 rings (SSSR count). The Labute approximate surface area is 187 Å². The smallest absolute Gasteiger partial charge is 0.323 e. The zero-order valence-electron chi connectivity index (χ0n) is 16.0. The summed E-state index contributed by atoms with van der Waals surface area (Å²) in [7, 11) is -3.73. The first-order valence-electron chi connectivity index (χ1n) is 9.12. The number of nitrogens with zero attached hydrogens (tertiary/aromatic N) is 2. The van der Waals surface area contributed by atoms with Gasteiger partial charge in [0.05, 0.1) is 27.7 Å². The van der Waals surface area contributed by atoms with E-state index in [9.17, 15) is 26.4 Å². The first-order valence-corrected chi connectivity index (χ1v) is 11.3. The number of alkyl halides is 3. The molecular weight excluding hydrogens is 478 g/mol. The van der Waals surface area contributed by atoms with E-state index in [0.717, 1.165) is 12.1 Å². The summed E-state index contributed by atoms with van der Waals surface area (Å²) in [5.74, 6) is -0.676. The Balaban J connectivity index is 1.61. The van der Waals surface area contributed by atoms with Gasteiger partial charge in [0.2, 0.25) is 15.9 Å². The summed E-state index contributed by atoms with van der Waals surface area (Å²) in [6, 6.07) is 9.16. The van der Waals surface area contributed by atoms with Crippen LogP contribution in [0, 0.1) is 0 Å². The number of para-hydroxylation sites is 1. The van der Waals surface area contributed by atoms with E-state index in [2.05, 4.69) is 5.32 Å². The number of sulfonamides is 1. The van der Waals surface area contributed by atoms with Gasteiger partial charge in [-0.3, -0.25) is 9.69 Å². The van der Waals surface area contributed by atoms with Crippen LogP contribution in [0.4, 0.5) is 18.9 Å². The molecule has 1 aliphatic rings. The van der Waals surface area contributed by atoms with E-state index in [4.69, 9.17) is 23.2 Å². The van der Waals surface area contributed by atoms with Crippen LogP contribution in [-0.4, -0.2) is 56.3 Å². The van der Waals surface area contributed by atoms with Crippen LogP contribution < -0.4 is 5.32 Å². The van der Waals surface area contributed by atoms with E-state index in [0.29, 0.717) is 5.02 Å². The zero-order valence-corrected chi connectivity index (χ0v) is 18.3. The number of benzene rings is 2. The third-order valence-corrected chi connectivity index (χ3v) is 7.16. The highest BCUT2D eigenvalue weighted by Crippen LogP contribution is 2.38. The number of halogens is 5. The van der Waals surface area contributed by atoms with Crippen molar-refractivity contribution < 1.29 is 26.4 Å². The van der Waals surface area contributed by atoms with Gasteiger partial charge in [0.25, 0.3) is 0 Å². The third-order valence-electron chi connectivity index (χ3n) is 4.72. The minimum Gasteiger partial charge on any atom is -0.323 e. The first-order chi connectivity index (χ1) is 14.5. The number of rotatable bonds is 5. The molecule has 1 aliphatic heterocycles. The van der Waals surface area contributed by atoms with Crippen LogP contribution in [0.25, 0.3) is 0 Å². The molecule has 0 atom stereocenters. The molecule has 1 heterocycles. The zero-order chi connectivity index (χ0) is 22.8. The molecule has 168 valence electrons. The van der Waals surface area contributed by atoms with Gasteiger partial charge >= 0.3 is 6.18 Å². The lowest BCUT2D eigenvalue weighted by Crippen LogP contribution is -2.50. The van der Waals surface area contributed by atoms with Crippen molar-refractivity contribution >= 4 is 44.8 Å². The van der Waals surface area contributed by atoms with Crippen LogP contribution in [0.5, 0.6) is 0 Å². The fraction of sp³-hybridized carbons (Fsp3) is 0.316. The highest BCUT2D eigenvalue weighted by atomic mass is 35.5. The fourth-order valence-electron chi connectivity index (χ4n) is 3.17. The monoisotopic (exact) mass is 495 g/mol. The van der Waals surface area contributed by atoms with Crippen LogP contribution in [0.2, 0.25) is 10.0 Å². The molecule has 0 radical (unpaired) electrons. The van der Waals surface area contributed by atoms with Gasteiger partial charge in [-0.15, -0.1) is 0 Å². The van der Waals surface area contributed by atoms with Gasteiger partial charge in [0.1, 0.15) is 0 Å². The van der Waals surface area contributed by atoms with Crippen LogP contribution in [0.1, 0.15) is 5.56 Å². The van der Waals surface area contributed by atoms with Gasteiger partial charge in [-0.25, -0.2) is 8.42 Å². The molecule has 0 aromatic heterocycles. The normalized spacial score (nSPS) is 16.3. The summed E-state index contributed by atoms with van der Waals surface area (Å²) in [6.07, 6.45) is -4.67. The summed E-state index contributed by atoms with van der Waals surface area (Å²) >= 11 is 11.7. The fourth-order valence-corrected chi connectivity index (χ4v) is 5.12. The Morgan fingerprint density at radius 2 is 1.68 bits per heavy atom. The topological polar surface area (TPSA) is 69.7 Å². The van der Waals surface area contributed by atoms with Gasteiger partial charge < -0.3 is 5.32 Å². The van der Waals surface area contributed by atoms with Gasteiger partial charge in [0.15, 0.2) is 0 Å². The van der Waals surface area contributed by atoms with E-state index in [-0.39, 0.29) is 42.6 Å². The highest BCUT2D eigenvalue weighted by molar-refractivity contribution is 7.89. The standard InChI is InChI=1S/C19H18Cl2F3N3O3S/c20-13-3-1-4-14(11-13)31(29,30)27-9-7-26(8-10-27)12-17(28)25-18-15(19(22,23)24)5-2-6-16(18)21/h1-6,11H,7-10,12H2,(H,25,28). The van der Waals surface area contributed by atoms with Crippen molar-refractivity contribution in [2.45, 2.75) is 11.1 Å². The number of carbonyl (C=O) groups is 1. The first kappa shape index (κ1) is 23.8. The average Bonchev–Trinajstić information content (AvgIpc) is 2.69. The summed E-state index contributed by atoms with van der Waals surface area (Å²) in [6.45, 7) is 0.529. The van der Waals surface area contributed by atoms with Crippen molar-refractivity contribution in [3.05, 3.63) is 58.1 Å². The molecule has 12 heteroatoms. The molecule has 1 saturated heterocycles. The van der Waals surface area contributed by atoms with Gasteiger partial charge in [-0.2, -0.15) is 17.5 Å². The molecular formula is C19H18Cl2F3N3O3S. The van der Waals surface area contributed by atoms with Crippen molar-refractivity contribution in [3.63, 3.8) is 0 Å². The maximum absolute atomic E-state index is 13.2. The lowest BCUT2D eigenvalue weighted by atomic mass is 10.1. The molecule has 1 fully saturated rings. The van der Waals surface area contributed by atoms with Crippen molar-refractivity contribution in [2.75, 3.05) is 38.0 Å². The molecule has 2 aromatic carbocycles. The molecule has 6 nitrogen and oxygen atoms in total. The minimum absolute atomic E-state index is 0.0737. The largest absolute Gasteiger partial charge is 0.418 e. The molecule has 31 heavy (non-hydrogen) atoms. The molecule has 1 N–H and O–H groups in total. The van der Waals surface area contributed by atoms with Crippen LogP contribution >= 0.6 is 23.2 Å². The Kier molecular flexibility index (Phi) is 7.17. The van der Waals surface area contributed by atoms with Gasteiger partial charge in [-0.1, -0.05) is 35.3 Å². The van der Waals surface area contributed by atoms with Crippen LogP contribution in [-0.2, 0) is 21.0 Å². The number of anilines is 1. The Hall–Kier alpha value is -1.85. The molecule has 1 amide bonds. The maximum atomic E-state index is 13.2. The predicted octanol–water partition coefficient (Wildman–Crippen LogP) is 3.96. The number of hydrogen-bond donors (Lipinski definition) is 1. The molecule has 2 aromatic rings. The molecule has 0 spiro atoms. The highest BCUT2D eigenvalue weighted by Gasteiger charge is 2.35. The van der Waals surface area contributed by atoms with Crippen molar-refractivity contribution in [2.24, 2.45) is 0 Å². The molecule has 0 unspecified atom stereocenters. The predicted molar refractivity (Wildman–Crippen MR) is 112 cm³/mol. The van der Waals surface area contributed by atoms with Crippen molar-refractivity contribution in [3.8, 4) is 0 Å². The lowest BCUT2D eigenvalue weighted by molar-refractivity contribution is -0.137. The second-order valence-electron chi connectivity index (χ2n) is 6.85. The SMILES string of the molecule is O=C(CN1CCN(S(=O)(=O)c2cccc(Cl)c2)CC1)Nc1c(Cl)cccc1C(F)(F)F. The van der Waals surface area contributed by atoms with E-state index in [1.54, 1.807) is 17.0 Å². The van der Waals surface area contributed by atoms with E-state index < -0.39 is 33.4 Å². The summed E-state index contributed by atoms with van der Waals surface area (Å²) < 4.78 is 66.2. The number of piperazine rings is 1. The summed E-state index contributed by atoms with van der Waals surface area (Å²) in [5, 5.41) is 2.31. The lowest BCUT2D eigenvalue weighted by Gasteiger charge is -2.33. The maximum Gasteiger partial charge on any atom is 0.418 e. The Morgan fingerprint density at radius 3 is 2.29 bits per heavy atom. The van der Waals surface area contributed by atoms with E-state index in [1.807, 2.05) is 0 Å². The van der Waals surface area contributed by atoms with Crippen LogP contribution in [0.3, 0.4) is 0 Å².